The van der Waals surface area contributed by atoms with E-state index in [1.807, 2.05) is 6.92 Å². The number of aromatic nitrogens is 3. The molecular weight excluding hydrogens is 614 g/mol. The first kappa shape index (κ1) is 29.3. The summed E-state index contributed by atoms with van der Waals surface area (Å²) in [6, 6.07) is 2.78. The van der Waals surface area contributed by atoms with Crippen LogP contribution in [0.5, 0.6) is 11.9 Å². The summed E-state index contributed by atoms with van der Waals surface area (Å²) in [5, 5.41) is 4.01. The minimum atomic E-state index is -4.70. The first-order valence-electron chi connectivity index (χ1n) is 15.5. The lowest BCUT2D eigenvalue weighted by Gasteiger charge is -2.42. The number of fused-ring (bicyclic) bond motifs is 6. The lowest BCUT2D eigenvalue weighted by molar-refractivity contribution is -0.137. The van der Waals surface area contributed by atoms with Crippen LogP contribution >= 0.6 is 11.6 Å². The van der Waals surface area contributed by atoms with E-state index in [0.717, 1.165) is 32.2 Å². The maximum Gasteiger partial charge on any atom is 0.417 e. The SMILES string of the molecule is Cc1cc(N)cc(-c2nc3c4c(nc(OC[C@@]56CCCN5C[C@H](F)C6)nc4c2Cl)N2C[C@H]4CC[C@H](N4)[C@H]2[C@H](C)O3)c1C(F)(F)F. The maximum absolute atomic E-state index is 14.5. The van der Waals surface area contributed by atoms with Crippen molar-refractivity contribution in [1.82, 2.24) is 25.2 Å². The molecule has 4 saturated heterocycles. The Hall–Kier alpha value is -3.16. The van der Waals surface area contributed by atoms with Gasteiger partial charge >= 0.3 is 12.2 Å². The summed E-state index contributed by atoms with van der Waals surface area (Å²) < 4.78 is 70.6. The smallest absolute Gasteiger partial charge is 0.417 e. The number of hydrogen-bond acceptors (Lipinski definition) is 9. The average molecular weight is 648 g/mol. The number of aryl methyl sites for hydroxylation is 1. The molecule has 4 fully saturated rings. The molecule has 8 rings (SSSR count). The van der Waals surface area contributed by atoms with Crippen LogP contribution < -0.4 is 25.4 Å². The lowest BCUT2D eigenvalue weighted by Crippen LogP contribution is -2.62. The zero-order valence-electron chi connectivity index (χ0n) is 24.9. The summed E-state index contributed by atoms with van der Waals surface area (Å²) in [6.45, 7) is 5.31. The van der Waals surface area contributed by atoms with E-state index in [1.165, 1.54) is 19.1 Å². The fourth-order valence-electron chi connectivity index (χ4n) is 8.56. The number of piperazine rings is 1. The van der Waals surface area contributed by atoms with E-state index in [0.29, 0.717) is 30.7 Å². The third kappa shape index (κ3) is 4.59. The van der Waals surface area contributed by atoms with Crippen molar-refractivity contribution in [3.8, 4) is 23.1 Å². The number of benzene rings is 1. The third-order valence-electron chi connectivity index (χ3n) is 10.4. The van der Waals surface area contributed by atoms with Crippen molar-refractivity contribution in [3.05, 3.63) is 28.3 Å². The molecule has 14 heteroatoms. The molecule has 1 aromatic carbocycles. The van der Waals surface area contributed by atoms with Crippen molar-refractivity contribution >= 4 is 34.0 Å². The number of nitrogens with two attached hydrogens (primary N) is 1. The van der Waals surface area contributed by atoms with Gasteiger partial charge in [0.25, 0.3) is 0 Å². The fraction of sp³-hybridized carbons (Fsp3) is 0.581. The van der Waals surface area contributed by atoms with Crippen LogP contribution in [0.25, 0.3) is 22.2 Å². The third-order valence-corrected chi connectivity index (χ3v) is 10.7. The molecule has 240 valence electrons. The van der Waals surface area contributed by atoms with E-state index in [-0.39, 0.29) is 75.8 Å². The second-order valence-corrected chi connectivity index (χ2v) is 13.6. The van der Waals surface area contributed by atoms with E-state index >= 15 is 0 Å². The number of rotatable bonds is 4. The van der Waals surface area contributed by atoms with Crippen LogP contribution in [0.4, 0.5) is 29.1 Å². The number of ether oxygens (including phenoxy) is 2. The molecule has 3 aromatic rings. The van der Waals surface area contributed by atoms with Crippen LogP contribution in [0.2, 0.25) is 5.02 Å². The monoisotopic (exact) mass is 647 g/mol. The largest absolute Gasteiger partial charge is 0.472 e. The molecule has 5 aliphatic rings. The number of nitrogens with one attached hydrogen (secondary N) is 1. The van der Waals surface area contributed by atoms with Gasteiger partial charge in [-0.2, -0.15) is 23.1 Å². The zero-order chi connectivity index (χ0) is 31.4. The van der Waals surface area contributed by atoms with Crippen LogP contribution in [0.15, 0.2) is 12.1 Å². The summed E-state index contributed by atoms with van der Waals surface area (Å²) in [5.41, 5.74) is 4.60. The molecule has 0 unspecified atom stereocenters. The molecule has 0 spiro atoms. The van der Waals surface area contributed by atoms with Crippen molar-refractivity contribution in [3.63, 3.8) is 0 Å². The van der Waals surface area contributed by atoms with Crippen molar-refractivity contribution in [1.29, 1.82) is 0 Å². The number of nitrogen functional groups attached to an aromatic ring is 1. The molecule has 7 heterocycles. The molecule has 0 saturated carbocycles. The predicted octanol–water partition coefficient (Wildman–Crippen LogP) is 5.30. The van der Waals surface area contributed by atoms with Gasteiger partial charge in [-0.1, -0.05) is 11.6 Å². The minimum absolute atomic E-state index is 0.0324. The fourth-order valence-corrected chi connectivity index (χ4v) is 8.84. The van der Waals surface area contributed by atoms with Crippen molar-refractivity contribution in [2.24, 2.45) is 0 Å². The summed E-state index contributed by atoms with van der Waals surface area (Å²) in [4.78, 5) is 18.6. The van der Waals surface area contributed by atoms with E-state index < -0.39 is 23.5 Å². The number of alkyl halides is 4. The van der Waals surface area contributed by atoms with Gasteiger partial charge in [0, 0.05) is 42.8 Å². The summed E-state index contributed by atoms with van der Waals surface area (Å²) >= 11 is 7.01. The topological polar surface area (TPSA) is 102 Å². The molecule has 6 atom stereocenters. The van der Waals surface area contributed by atoms with Crippen LogP contribution in [0, 0.1) is 6.92 Å². The first-order valence-corrected chi connectivity index (χ1v) is 15.9. The number of hydrogen-bond donors (Lipinski definition) is 2. The highest BCUT2D eigenvalue weighted by atomic mass is 35.5. The summed E-state index contributed by atoms with van der Waals surface area (Å²) in [7, 11) is 0. The molecule has 2 bridgehead atoms. The Kier molecular flexibility index (Phi) is 6.61. The Morgan fingerprint density at radius 2 is 2.02 bits per heavy atom. The molecule has 0 aliphatic carbocycles. The van der Waals surface area contributed by atoms with E-state index in [2.05, 4.69) is 20.1 Å². The van der Waals surface area contributed by atoms with Gasteiger partial charge in [-0.3, -0.25) is 4.90 Å². The minimum Gasteiger partial charge on any atom is -0.472 e. The number of pyridine rings is 1. The van der Waals surface area contributed by atoms with Crippen LogP contribution in [0.3, 0.4) is 0 Å². The van der Waals surface area contributed by atoms with Gasteiger partial charge < -0.3 is 25.4 Å². The second-order valence-electron chi connectivity index (χ2n) is 13.3. The Morgan fingerprint density at radius 3 is 2.82 bits per heavy atom. The highest BCUT2D eigenvalue weighted by Crippen LogP contribution is 2.49. The number of anilines is 2. The molecule has 0 amide bonds. The molecule has 0 radical (unpaired) electrons. The zero-order valence-corrected chi connectivity index (χ0v) is 25.7. The molecular formula is C31H34ClF4N7O2. The number of halogens is 5. The van der Waals surface area contributed by atoms with Gasteiger partial charge in [-0.05, 0) is 63.8 Å². The van der Waals surface area contributed by atoms with E-state index in [4.69, 9.17) is 36.8 Å². The van der Waals surface area contributed by atoms with Crippen LogP contribution in [-0.2, 0) is 6.18 Å². The Bertz CT molecular complexity index is 1710. The number of nitrogens with zero attached hydrogens (tertiary/aromatic N) is 5. The van der Waals surface area contributed by atoms with E-state index in [9.17, 15) is 17.6 Å². The average Bonchev–Trinajstić information content (AvgIpc) is 3.60. The predicted molar refractivity (Wildman–Crippen MR) is 162 cm³/mol. The van der Waals surface area contributed by atoms with Crippen molar-refractivity contribution in [2.45, 2.75) is 88.1 Å². The molecule has 3 N–H and O–H groups in total. The first-order chi connectivity index (χ1) is 21.4. The Morgan fingerprint density at radius 1 is 1.20 bits per heavy atom. The molecule has 45 heavy (non-hydrogen) atoms. The summed E-state index contributed by atoms with van der Waals surface area (Å²) in [6.07, 6.45) is -1.94. The van der Waals surface area contributed by atoms with Gasteiger partial charge in [-0.25, -0.2) is 9.37 Å². The Labute approximate surface area is 262 Å². The highest BCUT2D eigenvalue weighted by Gasteiger charge is 2.50. The second kappa shape index (κ2) is 10.2. The molecule has 9 nitrogen and oxygen atoms in total. The molecule has 5 aliphatic heterocycles. The van der Waals surface area contributed by atoms with Crippen molar-refractivity contribution in [2.75, 3.05) is 36.9 Å². The van der Waals surface area contributed by atoms with Crippen LogP contribution in [-0.4, -0.2) is 82.0 Å². The van der Waals surface area contributed by atoms with Gasteiger partial charge in [-0.15, -0.1) is 0 Å². The standard InChI is InChI=1S/C31H34ClF4N7O2/c1-14-8-17(37)9-19(22(14)31(34,35)36)24-23(32)25-21-27(41-29(40-25)44-13-30-6-3-7-42(30)11-16(33)10-30)43-12-18-4-5-20(38-18)26(43)15(2)45-28(21)39-24/h8-9,15-16,18,20,26,38H,3-7,10-13,37H2,1-2H3/t15-,16+,18+,20-,26+,30-/m0/s1. The van der Waals surface area contributed by atoms with Crippen LogP contribution in [0.1, 0.15) is 50.2 Å². The van der Waals surface area contributed by atoms with E-state index in [1.54, 1.807) is 0 Å². The van der Waals surface area contributed by atoms with Crippen molar-refractivity contribution < 1.29 is 27.0 Å². The Balaban J connectivity index is 1.32. The van der Waals surface area contributed by atoms with Gasteiger partial charge in [0.15, 0.2) is 0 Å². The van der Waals surface area contributed by atoms with Gasteiger partial charge in [0.2, 0.25) is 5.88 Å². The van der Waals surface area contributed by atoms with Gasteiger partial charge in [0.05, 0.1) is 27.9 Å². The highest BCUT2D eigenvalue weighted by molar-refractivity contribution is 6.38. The quantitative estimate of drug-likeness (QED) is 0.289. The lowest BCUT2D eigenvalue weighted by atomic mass is 9.95. The maximum atomic E-state index is 14.5. The summed E-state index contributed by atoms with van der Waals surface area (Å²) in [5.74, 6) is 0.627. The normalized spacial score (nSPS) is 30.7. The molecule has 2 aromatic heterocycles. The van der Waals surface area contributed by atoms with Gasteiger partial charge in [0.1, 0.15) is 35.6 Å².